The summed E-state index contributed by atoms with van der Waals surface area (Å²) in [6, 6.07) is 18.6. The molecule has 0 spiro atoms. The Morgan fingerprint density at radius 1 is 1.07 bits per heavy atom. The van der Waals surface area contributed by atoms with Crippen molar-refractivity contribution in [2.45, 2.75) is 45.4 Å². The molecular weight excluding hydrogens is 774 g/mol. The quantitative estimate of drug-likeness (QED) is 0.166. The Balaban J connectivity index is 0.000000216. The minimum absolute atomic E-state index is 0. The van der Waals surface area contributed by atoms with E-state index in [0.29, 0.717) is 5.92 Å². The van der Waals surface area contributed by atoms with Crippen LogP contribution < -0.4 is 13.8 Å². The predicted molar refractivity (Wildman–Crippen MR) is 165 cm³/mol. The van der Waals surface area contributed by atoms with Crippen LogP contribution >= 0.6 is 11.3 Å². The van der Waals surface area contributed by atoms with Gasteiger partial charge in [0.05, 0.1) is 0 Å². The molecule has 5 aromatic rings. The van der Waals surface area contributed by atoms with Crippen molar-refractivity contribution in [2.75, 3.05) is 11.9 Å². The zero-order valence-electron chi connectivity index (χ0n) is 25.6. The van der Waals surface area contributed by atoms with E-state index in [1.165, 1.54) is 52.0 Å². The molecule has 7 rings (SSSR count). The normalized spacial score (nSPS) is 15.5. The maximum absolute atomic E-state index is 10.6. The summed E-state index contributed by atoms with van der Waals surface area (Å²) in [5, 5.41) is 11.8. The second kappa shape index (κ2) is 12.6. The van der Waals surface area contributed by atoms with Crippen molar-refractivity contribution in [3.05, 3.63) is 94.8 Å². The van der Waals surface area contributed by atoms with Gasteiger partial charge in [0.15, 0.2) is 0 Å². The van der Waals surface area contributed by atoms with Crippen LogP contribution in [0.25, 0.3) is 21.3 Å². The standard InChI is InChI=1S/C22H17N2SSe.C11H13NO2.Ir/c1-13-7-8-18-21(14(13)2)26-22-16(5-4-6-17(22)24(18)3)20-15-10-12-25-19(15)9-11-23-20;13-11(14)10-6-5-9(7-12-10)8-3-1-2-4-8;/h4,6-12H,1-3H3;5-8H,1-4H2,(H,13,14);/q-1;;/i3D3;;. The van der Waals surface area contributed by atoms with Gasteiger partial charge in [0.2, 0.25) is 0 Å². The summed E-state index contributed by atoms with van der Waals surface area (Å²) in [5.74, 6) is -0.353. The zero-order chi connectivity index (χ0) is 30.3. The number of carboxylic acid groups (broad SMARTS) is 1. The van der Waals surface area contributed by atoms with Crippen molar-refractivity contribution in [1.82, 2.24) is 9.97 Å². The van der Waals surface area contributed by atoms with Gasteiger partial charge in [-0.3, -0.25) is 0 Å². The summed E-state index contributed by atoms with van der Waals surface area (Å²) >= 11 is 1.64. The molecule has 0 bridgehead atoms. The van der Waals surface area contributed by atoms with E-state index in [1.54, 1.807) is 23.6 Å². The molecule has 0 amide bonds. The molecule has 0 unspecified atom stereocenters. The summed E-state index contributed by atoms with van der Waals surface area (Å²) in [4.78, 5) is 20.7. The molecule has 1 aliphatic heterocycles. The summed E-state index contributed by atoms with van der Waals surface area (Å²) in [6.45, 7) is 1.89. The molecule has 3 aromatic heterocycles. The van der Waals surface area contributed by atoms with Crippen LogP contribution in [0.4, 0.5) is 11.4 Å². The average Bonchev–Trinajstić information content (AvgIpc) is 3.71. The number of aromatic nitrogens is 2. The number of thiophene rings is 1. The van der Waals surface area contributed by atoms with Crippen molar-refractivity contribution in [3.63, 3.8) is 0 Å². The Hall–Kier alpha value is -2.86. The Labute approximate surface area is 268 Å². The number of benzene rings is 2. The molecule has 211 valence electrons. The predicted octanol–water partition coefficient (Wildman–Crippen LogP) is 6.55. The van der Waals surface area contributed by atoms with Gasteiger partial charge in [-0.1, -0.05) is 18.9 Å². The van der Waals surface area contributed by atoms with Gasteiger partial charge in [0.25, 0.3) is 0 Å². The minimum Gasteiger partial charge on any atom is 0 e. The number of aryl methyl sites for hydroxylation is 1. The van der Waals surface area contributed by atoms with Gasteiger partial charge >= 0.3 is 174 Å². The molecule has 1 N–H and O–H groups in total. The average molecular weight is 807 g/mol. The summed E-state index contributed by atoms with van der Waals surface area (Å²) in [5.41, 5.74) is 6.98. The molecule has 5 nitrogen and oxygen atoms in total. The van der Waals surface area contributed by atoms with E-state index in [4.69, 9.17) is 9.22 Å². The maximum atomic E-state index is 10.6. The van der Waals surface area contributed by atoms with Crippen LogP contribution in [-0.4, -0.2) is 43.0 Å². The molecule has 0 saturated heterocycles. The molecule has 0 atom stereocenters. The van der Waals surface area contributed by atoms with Crippen LogP contribution in [0.3, 0.4) is 0 Å². The van der Waals surface area contributed by atoms with Gasteiger partial charge < -0.3 is 5.11 Å². The number of carbonyl (C=O) groups is 1. The third-order valence-corrected chi connectivity index (χ3v) is 11.4. The number of fused-ring (bicyclic) bond motifs is 3. The number of anilines is 2. The first-order valence-electron chi connectivity index (χ1n) is 14.8. The van der Waals surface area contributed by atoms with Gasteiger partial charge in [-0.25, -0.2) is 9.78 Å². The first-order chi connectivity index (χ1) is 20.6. The van der Waals surface area contributed by atoms with Gasteiger partial charge in [0.1, 0.15) is 5.69 Å². The number of aromatic carboxylic acids is 1. The molecule has 2 aliphatic rings. The van der Waals surface area contributed by atoms with Gasteiger partial charge in [0, 0.05) is 26.3 Å². The third-order valence-electron chi connectivity index (χ3n) is 7.72. The van der Waals surface area contributed by atoms with Crippen molar-refractivity contribution >= 4 is 62.6 Å². The van der Waals surface area contributed by atoms with Crippen molar-refractivity contribution in [3.8, 4) is 11.3 Å². The van der Waals surface area contributed by atoms with Crippen molar-refractivity contribution < 1.29 is 34.1 Å². The molecule has 1 saturated carbocycles. The molecule has 1 fully saturated rings. The third kappa shape index (κ3) is 5.77. The number of nitrogens with zero attached hydrogens (tertiary/aromatic N) is 3. The number of hydrogen-bond acceptors (Lipinski definition) is 5. The van der Waals surface area contributed by atoms with E-state index in [2.05, 4.69) is 41.3 Å². The van der Waals surface area contributed by atoms with E-state index < -0.39 is 12.9 Å². The molecule has 1 aliphatic carbocycles. The van der Waals surface area contributed by atoms with Crippen LogP contribution in [0.5, 0.6) is 0 Å². The minimum atomic E-state index is -2.28. The second-order valence-electron chi connectivity index (χ2n) is 10.1. The number of carboxylic acids is 1. The van der Waals surface area contributed by atoms with Crippen LogP contribution in [0.1, 0.15) is 62.9 Å². The van der Waals surface area contributed by atoms with Crippen molar-refractivity contribution in [1.29, 1.82) is 0 Å². The molecule has 2 aromatic carbocycles. The first kappa shape index (κ1) is 25.8. The summed E-state index contributed by atoms with van der Waals surface area (Å²) < 4.78 is 28.0. The Morgan fingerprint density at radius 3 is 2.61 bits per heavy atom. The monoisotopic (exact) mass is 808 g/mol. The fraction of sp³-hybridized carbons (Fsp3) is 0.242. The van der Waals surface area contributed by atoms with Gasteiger partial charge in [-0.15, -0.1) is 0 Å². The zero-order valence-corrected chi connectivity index (χ0v) is 27.5. The Morgan fingerprint density at radius 2 is 1.88 bits per heavy atom. The van der Waals surface area contributed by atoms with E-state index in [1.807, 2.05) is 42.6 Å². The maximum Gasteiger partial charge on any atom is 0 e. The number of pyridine rings is 2. The molecular formula is C33H30IrN3O2SSe-. The Kier molecular flexibility index (Phi) is 7.91. The number of rotatable bonds is 3. The molecule has 1 radical (unpaired) electrons. The van der Waals surface area contributed by atoms with Crippen LogP contribution in [-0.2, 0) is 20.1 Å². The summed E-state index contributed by atoms with van der Waals surface area (Å²) in [7, 11) is 0. The topological polar surface area (TPSA) is 66.3 Å². The van der Waals surface area contributed by atoms with E-state index in [0.717, 1.165) is 36.9 Å². The van der Waals surface area contributed by atoms with E-state index >= 15 is 0 Å². The second-order valence-corrected chi connectivity index (χ2v) is 13.2. The van der Waals surface area contributed by atoms with Gasteiger partial charge in [-0.2, -0.15) is 0 Å². The van der Waals surface area contributed by atoms with Crippen molar-refractivity contribution in [2.24, 2.45) is 0 Å². The molecule has 41 heavy (non-hydrogen) atoms. The SMILES string of the molecule is O=C(O)c1ccc(C2CCCC2)cn1.[2H]C([2H])([2H])N1c2cc[c-]c(-c3nccc4sccc34)c2[Se]c2c1ccc(C)c2C.[Ir]. The fourth-order valence-corrected chi connectivity index (χ4v) is 8.88. The smallest absolute Gasteiger partial charge is 0 e. The molecule has 4 heterocycles. The van der Waals surface area contributed by atoms with E-state index in [-0.39, 0.29) is 40.8 Å². The summed E-state index contributed by atoms with van der Waals surface area (Å²) in [6.07, 6.45) is 8.53. The largest absolute Gasteiger partial charge is 0 e. The van der Waals surface area contributed by atoms with E-state index in [9.17, 15) is 4.79 Å². The van der Waals surface area contributed by atoms with Crippen LogP contribution in [0, 0.1) is 19.9 Å². The first-order valence-corrected chi connectivity index (χ1v) is 15.9. The Bertz CT molecular complexity index is 1820. The van der Waals surface area contributed by atoms with Crippen LogP contribution in [0.15, 0.2) is 66.3 Å². The van der Waals surface area contributed by atoms with Crippen LogP contribution in [0.2, 0.25) is 0 Å². The fourth-order valence-electron chi connectivity index (χ4n) is 5.37. The number of hydrogen-bond donors (Lipinski definition) is 1. The van der Waals surface area contributed by atoms with Gasteiger partial charge in [-0.05, 0) is 30.4 Å². The molecule has 8 heteroatoms.